The minimum atomic E-state index is -1.37. The van der Waals surface area contributed by atoms with E-state index in [1.165, 1.54) is 19.4 Å². The third-order valence-corrected chi connectivity index (χ3v) is 2.43. The molecule has 4 nitrogen and oxygen atoms in total. The van der Waals surface area contributed by atoms with Gasteiger partial charge in [0.1, 0.15) is 11.9 Å². The van der Waals surface area contributed by atoms with Crippen LogP contribution in [0.3, 0.4) is 0 Å². The van der Waals surface area contributed by atoms with Crippen LogP contribution in [0.5, 0.6) is 5.75 Å². The molecule has 1 rings (SSSR count). The summed E-state index contributed by atoms with van der Waals surface area (Å²) in [5.74, 6) is 0.604. The van der Waals surface area contributed by atoms with Crippen molar-refractivity contribution in [1.29, 1.82) is 0 Å². The van der Waals surface area contributed by atoms with Gasteiger partial charge in [-0.2, -0.15) is 0 Å². The predicted molar refractivity (Wildman–Crippen MR) is 64.5 cm³/mol. The topological polar surface area (TPSA) is 61.6 Å². The number of halogens is 1. The monoisotopic (exact) mass is 251 g/mol. The largest absolute Gasteiger partial charge is 0.451 e. The minimum Gasteiger partial charge on any atom is -0.451 e. The first-order valence-electron chi connectivity index (χ1n) is 5.33. The van der Waals surface area contributed by atoms with E-state index in [9.17, 15) is 9.18 Å². The summed E-state index contributed by atoms with van der Waals surface area (Å²) < 4.78 is 22.7. The Morgan fingerprint density at radius 3 is 2.78 bits per heavy atom. The van der Waals surface area contributed by atoms with E-state index in [-0.39, 0.29) is 0 Å². The van der Waals surface area contributed by atoms with Crippen molar-refractivity contribution in [3.05, 3.63) is 29.8 Å². The lowest BCUT2D eigenvalue weighted by Crippen LogP contribution is -2.35. The Balaban J connectivity index is 3.03. The number of nitrogens with two attached hydrogens (primary N) is 1. The lowest BCUT2D eigenvalue weighted by Gasteiger charge is -2.26. The normalized spacial score (nSPS) is 13.1. The van der Waals surface area contributed by atoms with Crippen molar-refractivity contribution in [2.24, 2.45) is 5.73 Å². The van der Waals surface area contributed by atoms with E-state index in [0.717, 1.165) is 0 Å². The molecule has 0 saturated heterocycles. The van der Waals surface area contributed by atoms with Gasteiger partial charge in [0.15, 0.2) is 0 Å². The summed E-state index contributed by atoms with van der Waals surface area (Å²) in [6.07, 6.45) is 1.60. The van der Waals surface area contributed by atoms with Crippen molar-refractivity contribution in [2.75, 3.05) is 7.11 Å². The number of hydrogen-bond acceptors (Lipinski definition) is 3. The van der Waals surface area contributed by atoms with Crippen molar-refractivity contribution in [3.63, 3.8) is 0 Å². The van der Waals surface area contributed by atoms with Crippen LogP contribution < -0.4 is 10.5 Å². The molecule has 96 valence electrons. The first kappa shape index (κ1) is 14.0. The van der Waals surface area contributed by atoms with Gasteiger partial charge >= 0.3 is 0 Å². The fourth-order valence-electron chi connectivity index (χ4n) is 1.40. The van der Waals surface area contributed by atoms with E-state index in [0.29, 0.717) is 17.7 Å². The van der Waals surface area contributed by atoms with Gasteiger partial charge in [0, 0.05) is 25.0 Å². The molecule has 18 heavy (non-hydrogen) atoms. The van der Waals surface area contributed by atoms with Crippen molar-refractivity contribution in [1.82, 2.24) is 0 Å². The summed E-state index contributed by atoms with van der Waals surface area (Å²) in [6, 6.07) is 6.21. The summed E-state index contributed by atoms with van der Waals surface area (Å²) in [7, 11) is 1.37. The fraction of sp³-hybridized carbons (Fsp3) is 0.308. The molecule has 1 atom stereocenters. The zero-order valence-corrected chi connectivity index (χ0v) is 10.2. The van der Waals surface area contributed by atoms with Crippen LogP contribution in [0.1, 0.15) is 23.7 Å². The van der Waals surface area contributed by atoms with Crippen LogP contribution >= 0.6 is 0 Å². The molecule has 0 aliphatic carbocycles. The molecule has 1 amide bonds. The zero-order chi connectivity index (χ0) is 13.6. The number of methoxy groups -OCH3 is 1. The van der Waals surface area contributed by atoms with Crippen LogP contribution in [0.25, 0.3) is 0 Å². The van der Waals surface area contributed by atoms with E-state index in [1.54, 1.807) is 25.1 Å². The lowest BCUT2D eigenvalue weighted by atomic mass is 10.2. The van der Waals surface area contributed by atoms with Gasteiger partial charge in [0.05, 0.1) is 0 Å². The second kappa shape index (κ2) is 6.03. The standard InChI is InChI=1S/C13H14FNO3/c1-3-13(17-2,7-8-14)18-11-6-4-5-10(9-11)12(15)16/h4-6,9H,3H2,1-2H3,(H2,15,16). The number of amides is 1. The molecular formula is C13H14FNO3. The summed E-state index contributed by atoms with van der Waals surface area (Å²) in [5.41, 5.74) is 5.45. The van der Waals surface area contributed by atoms with Crippen LogP contribution in [-0.4, -0.2) is 18.8 Å². The van der Waals surface area contributed by atoms with Gasteiger partial charge in [-0.3, -0.25) is 4.79 Å². The van der Waals surface area contributed by atoms with Crippen molar-refractivity contribution < 1.29 is 18.7 Å². The van der Waals surface area contributed by atoms with Gasteiger partial charge in [-0.1, -0.05) is 13.0 Å². The zero-order valence-electron chi connectivity index (χ0n) is 10.2. The average molecular weight is 251 g/mol. The molecule has 0 spiro atoms. The number of benzene rings is 1. The number of ether oxygens (including phenoxy) is 2. The number of carbonyl (C=O) groups is 1. The first-order chi connectivity index (χ1) is 8.56. The summed E-state index contributed by atoms with van der Waals surface area (Å²) in [6.45, 7) is 1.74. The third-order valence-electron chi connectivity index (χ3n) is 2.43. The Labute approximate surface area is 105 Å². The number of primary amides is 1. The smallest absolute Gasteiger partial charge is 0.277 e. The van der Waals surface area contributed by atoms with E-state index in [2.05, 4.69) is 5.92 Å². The van der Waals surface area contributed by atoms with Gasteiger partial charge in [-0.25, -0.2) is 0 Å². The van der Waals surface area contributed by atoms with E-state index < -0.39 is 11.7 Å². The molecule has 0 aliphatic rings. The van der Waals surface area contributed by atoms with E-state index >= 15 is 0 Å². The molecule has 0 aromatic heterocycles. The molecule has 0 saturated carbocycles. The van der Waals surface area contributed by atoms with Gasteiger partial charge in [-0.15, -0.1) is 4.39 Å². The molecule has 0 aliphatic heterocycles. The van der Waals surface area contributed by atoms with Crippen molar-refractivity contribution in [3.8, 4) is 17.8 Å². The maximum Gasteiger partial charge on any atom is 0.277 e. The second-order valence-corrected chi connectivity index (χ2v) is 3.52. The lowest BCUT2D eigenvalue weighted by molar-refractivity contribution is -0.118. The maximum atomic E-state index is 12.2. The maximum absolute atomic E-state index is 12.2. The van der Waals surface area contributed by atoms with Gasteiger partial charge in [-0.05, 0) is 18.2 Å². The van der Waals surface area contributed by atoms with Crippen LogP contribution in [0.15, 0.2) is 24.3 Å². The van der Waals surface area contributed by atoms with Crippen LogP contribution in [0, 0.1) is 12.1 Å². The predicted octanol–water partition coefficient (Wildman–Crippen LogP) is 1.85. The molecule has 2 N–H and O–H groups in total. The molecule has 0 heterocycles. The van der Waals surface area contributed by atoms with Gasteiger partial charge < -0.3 is 15.2 Å². The van der Waals surface area contributed by atoms with Crippen LogP contribution in [-0.2, 0) is 4.74 Å². The molecule has 0 fully saturated rings. The van der Waals surface area contributed by atoms with Crippen molar-refractivity contribution in [2.45, 2.75) is 19.1 Å². The van der Waals surface area contributed by atoms with Gasteiger partial charge in [0.2, 0.25) is 5.91 Å². The highest BCUT2D eigenvalue weighted by Gasteiger charge is 2.28. The van der Waals surface area contributed by atoms with E-state index in [4.69, 9.17) is 15.2 Å². The highest BCUT2D eigenvalue weighted by molar-refractivity contribution is 5.93. The van der Waals surface area contributed by atoms with Crippen LogP contribution in [0.4, 0.5) is 4.39 Å². The SMILES string of the molecule is CCC(C#CF)(OC)Oc1cccc(C(N)=O)c1. The number of carbonyl (C=O) groups excluding carboxylic acids is 1. The molecule has 1 aromatic carbocycles. The summed E-state index contributed by atoms with van der Waals surface area (Å²) in [5, 5.41) is 0. The molecule has 1 aromatic rings. The Morgan fingerprint density at radius 2 is 2.28 bits per heavy atom. The fourth-order valence-corrected chi connectivity index (χ4v) is 1.40. The summed E-state index contributed by atoms with van der Waals surface area (Å²) in [4.78, 5) is 11.0. The Morgan fingerprint density at radius 1 is 1.56 bits per heavy atom. The summed E-state index contributed by atoms with van der Waals surface area (Å²) >= 11 is 0. The first-order valence-corrected chi connectivity index (χ1v) is 5.33. The molecule has 0 bridgehead atoms. The molecule has 0 radical (unpaired) electrons. The number of rotatable bonds is 5. The molecule has 5 heteroatoms. The van der Waals surface area contributed by atoms with Crippen LogP contribution in [0.2, 0.25) is 0 Å². The molecule has 1 unspecified atom stereocenters. The van der Waals surface area contributed by atoms with E-state index in [1.807, 2.05) is 0 Å². The highest BCUT2D eigenvalue weighted by Crippen LogP contribution is 2.22. The highest BCUT2D eigenvalue weighted by atomic mass is 19.1. The second-order valence-electron chi connectivity index (χ2n) is 3.52. The van der Waals surface area contributed by atoms with Gasteiger partial charge in [0.25, 0.3) is 5.79 Å². The Bertz CT molecular complexity index is 486. The molecular weight excluding hydrogens is 237 g/mol. The van der Waals surface area contributed by atoms with Crippen molar-refractivity contribution >= 4 is 5.91 Å². The minimum absolute atomic E-state index is 0.293. The third kappa shape index (κ3) is 3.22. The quantitative estimate of drug-likeness (QED) is 0.641. The number of hydrogen-bond donors (Lipinski definition) is 1. The Kier molecular flexibility index (Phi) is 4.69. The average Bonchev–Trinajstić information content (AvgIpc) is 2.38. The Hall–Kier alpha value is -2.06.